The van der Waals surface area contributed by atoms with Gasteiger partial charge < -0.3 is 10.1 Å². The lowest BCUT2D eigenvalue weighted by atomic mass is 9.97. The van der Waals surface area contributed by atoms with Gasteiger partial charge in [-0.3, -0.25) is 0 Å². The minimum absolute atomic E-state index is 0.306. The van der Waals surface area contributed by atoms with Crippen molar-refractivity contribution in [2.75, 3.05) is 13.7 Å². The standard InChI is InChI=1S/C15H21NO/c1-3-17-14-11-7-6-10-13(14)15(16-2)12-8-4-5-9-12/h6-8,10-11,15-16H,3-5,9H2,1-2H3. The quantitative estimate of drug-likeness (QED) is 0.784. The van der Waals surface area contributed by atoms with Crippen LogP contribution in [0.5, 0.6) is 5.75 Å². The van der Waals surface area contributed by atoms with Crippen molar-refractivity contribution in [2.24, 2.45) is 0 Å². The van der Waals surface area contributed by atoms with E-state index < -0.39 is 0 Å². The number of rotatable bonds is 5. The van der Waals surface area contributed by atoms with Crippen molar-refractivity contribution in [2.45, 2.75) is 32.2 Å². The SMILES string of the molecule is CCOc1ccccc1C(NC)C1=CCCC1. The first-order chi connectivity index (χ1) is 8.36. The van der Waals surface area contributed by atoms with Gasteiger partial charge in [0.2, 0.25) is 0 Å². The van der Waals surface area contributed by atoms with Crippen molar-refractivity contribution in [1.82, 2.24) is 5.32 Å². The monoisotopic (exact) mass is 231 g/mol. The highest BCUT2D eigenvalue weighted by molar-refractivity contribution is 5.40. The molecule has 1 N–H and O–H groups in total. The number of para-hydroxylation sites is 1. The van der Waals surface area contributed by atoms with Crippen LogP contribution in [-0.4, -0.2) is 13.7 Å². The number of hydrogen-bond acceptors (Lipinski definition) is 2. The topological polar surface area (TPSA) is 21.3 Å². The Morgan fingerprint density at radius 1 is 1.35 bits per heavy atom. The van der Waals surface area contributed by atoms with E-state index in [1.54, 1.807) is 0 Å². The van der Waals surface area contributed by atoms with E-state index in [1.165, 1.54) is 30.4 Å². The van der Waals surface area contributed by atoms with Gasteiger partial charge in [-0.2, -0.15) is 0 Å². The fraction of sp³-hybridized carbons (Fsp3) is 0.467. The molecule has 1 aromatic rings. The predicted molar refractivity (Wildman–Crippen MR) is 71.3 cm³/mol. The molecule has 0 aliphatic heterocycles. The Kier molecular flexibility index (Phi) is 4.21. The van der Waals surface area contributed by atoms with E-state index >= 15 is 0 Å². The van der Waals surface area contributed by atoms with Crippen molar-refractivity contribution in [1.29, 1.82) is 0 Å². The Morgan fingerprint density at radius 2 is 2.18 bits per heavy atom. The molecule has 0 saturated carbocycles. The van der Waals surface area contributed by atoms with E-state index in [9.17, 15) is 0 Å². The zero-order chi connectivity index (χ0) is 12.1. The normalized spacial score (nSPS) is 16.7. The minimum Gasteiger partial charge on any atom is -0.494 e. The van der Waals surface area contributed by atoms with Crippen molar-refractivity contribution >= 4 is 0 Å². The fourth-order valence-electron chi connectivity index (χ4n) is 2.50. The van der Waals surface area contributed by atoms with Crippen LogP contribution in [0.15, 0.2) is 35.9 Å². The third-order valence-electron chi connectivity index (χ3n) is 3.27. The summed E-state index contributed by atoms with van der Waals surface area (Å²) in [5.41, 5.74) is 2.75. The Hall–Kier alpha value is -1.28. The molecule has 1 unspecified atom stereocenters. The van der Waals surface area contributed by atoms with Crippen LogP contribution >= 0.6 is 0 Å². The highest BCUT2D eigenvalue weighted by atomic mass is 16.5. The molecule has 0 heterocycles. The first kappa shape index (κ1) is 12.2. The first-order valence-corrected chi connectivity index (χ1v) is 6.44. The van der Waals surface area contributed by atoms with E-state index in [1.807, 2.05) is 20.0 Å². The maximum atomic E-state index is 5.71. The lowest BCUT2D eigenvalue weighted by molar-refractivity contribution is 0.333. The van der Waals surface area contributed by atoms with Crippen molar-refractivity contribution < 1.29 is 4.74 Å². The summed E-state index contributed by atoms with van der Waals surface area (Å²) in [7, 11) is 2.02. The summed E-state index contributed by atoms with van der Waals surface area (Å²) < 4.78 is 5.71. The molecule has 0 fully saturated rings. The molecule has 92 valence electrons. The summed E-state index contributed by atoms with van der Waals surface area (Å²) in [5.74, 6) is 1.00. The summed E-state index contributed by atoms with van der Waals surface area (Å²) >= 11 is 0. The number of hydrogen-bond donors (Lipinski definition) is 1. The maximum Gasteiger partial charge on any atom is 0.124 e. The Balaban J connectivity index is 2.29. The average molecular weight is 231 g/mol. The van der Waals surface area contributed by atoms with Gasteiger partial charge in [0.25, 0.3) is 0 Å². The molecular weight excluding hydrogens is 210 g/mol. The van der Waals surface area contributed by atoms with Crippen molar-refractivity contribution in [3.8, 4) is 5.75 Å². The molecule has 1 aromatic carbocycles. The van der Waals surface area contributed by atoms with Gasteiger partial charge in [0, 0.05) is 5.56 Å². The molecule has 0 aromatic heterocycles. The lowest BCUT2D eigenvalue weighted by Gasteiger charge is -2.21. The number of ether oxygens (including phenoxy) is 1. The highest BCUT2D eigenvalue weighted by Crippen LogP contribution is 2.34. The molecule has 2 nitrogen and oxygen atoms in total. The molecule has 17 heavy (non-hydrogen) atoms. The van der Waals surface area contributed by atoms with Gasteiger partial charge in [-0.1, -0.05) is 29.8 Å². The van der Waals surface area contributed by atoms with Gasteiger partial charge in [-0.25, -0.2) is 0 Å². The van der Waals surface area contributed by atoms with E-state index in [0.29, 0.717) is 12.6 Å². The van der Waals surface area contributed by atoms with Crippen LogP contribution in [0.25, 0.3) is 0 Å². The van der Waals surface area contributed by atoms with Crippen LogP contribution in [0.2, 0.25) is 0 Å². The fourth-order valence-corrected chi connectivity index (χ4v) is 2.50. The van der Waals surface area contributed by atoms with E-state index in [2.05, 4.69) is 29.6 Å². The molecule has 0 spiro atoms. The smallest absolute Gasteiger partial charge is 0.124 e. The lowest BCUT2D eigenvalue weighted by Crippen LogP contribution is -2.19. The van der Waals surface area contributed by atoms with Gasteiger partial charge in [0.05, 0.1) is 12.6 Å². The van der Waals surface area contributed by atoms with Crippen molar-refractivity contribution in [3.63, 3.8) is 0 Å². The zero-order valence-corrected chi connectivity index (χ0v) is 10.7. The van der Waals surface area contributed by atoms with Crippen LogP contribution in [0.1, 0.15) is 37.8 Å². The summed E-state index contributed by atoms with van der Waals surface area (Å²) in [6, 6.07) is 8.63. The number of benzene rings is 1. The van der Waals surface area contributed by atoms with Crippen molar-refractivity contribution in [3.05, 3.63) is 41.5 Å². The number of likely N-dealkylation sites (N-methyl/N-ethyl adjacent to an activating group) is 1. The number of nitrogens with one attached hydrogen (secondary N) is 1. The molecule has 1 atom stereocenters. The van der Waals surface area contributed by atoms with Gasteiger partial charge in [-0.15, -0.1) is 0 Å². The maximum absolute atomic E-state index is 5.71. The van der Waals surface area contributed by atoms with Crippen LogP contribution < -0.4 is 10.1 Å². The third kappa shape index (κ3) is 2.70. The molecule has 0 saturated heterocycles. The van der Waals surface area contributed by atoms with Crippen LogP contribution in [-0.2, 0) is 0 Å². The molecule has 0 radical (unpaired) electrons. The van der Waals surface area contributed by atoms with Gasteiger partial charge in [0.15, 0.2) is 0 Å². The molecule has 0 bridgehead atoms. The van der Waals surface area contributed by atoms with E-state index in [-0.39, 0.29) is 0 Å². The number of allylic oxidation sites excluding steroid dienone is 1. The Labute approximate surface area is 104 Å². The second-order valence-electron chi connectivity index (χ2n) is 4.36. The Bertz CT molecular complexity index is 398. The second kappa shape index (κ2) is 5.87. The van der Waals surface area contributed by atoms with Gasteiger partial charge in [0.1, 0.15) is 5.75 Å². The second-order valence-corrected chi connectivity index (χ2v) is 4.36. The molecular formula is C15H21NO. The molecule has 2 rings (SSSR count). The van der Waals surface area contributed by atoms with E-state index in [0.717, 1.165) is 5.75 Å². The van der Waals surface area contributed by atoms with Gasteiger partial charge in [-0.05, 0) is 39.3 Å². The molecule has 1 aliphatic rings. The summed E-state index contributed by atoms with van der Waals surface area (Å²) in [6.45, 7) is 2.74. The summed E-state index contributed by atoms with van der Waals surface area (Å²) in [4.78, 5) is 0. The van der Waals surface area contributed by atoms with Crippen LogP contribution in [0.4, 0.5) is 0 Å². The average Bonchev–Trinajstić information content (AvgIpc) is 2.86. The summed E-state index contributed by atoms with van der Waals surface area (Å²) in [6.07, 6.45) is 6.06. The zero-order valence-electron chi connectivity index (χ0n) is 10.7. The van der Waals surface area contributed by atoms with Gasteiger partial charge >= 0.3 is 0 Å². The largest absolute Gasteiger partial charge is 0.494 e. The molecule has 1 aliphatic carbocycles. The molecule has 2 heteroatoms. The molecule has 0 amide bonds. The van der Waals surface area contributed by atoms with Crippen LogP contribution in [0.3, 0.4) is 0 Å². The third-order valence-corrected chi connectivity index (χ3v) is 3.27. The Morgan fingerprint density at radius 3 is 2.82 bits per heavy atom. The van der Waals surface area contributed by atoms with E-state index in [4.69, 9.17) is 4.74 Å². The first-order valence-electron chi connectivity index (χ1n) is 6.44. The highest BCUT2D eigenvalue weighted by Gasteiger charge is 2.20. The van der Waals surface area contributed by atoms with Crippen LogP contribution in [0, 0.1) is 0 Å². The minimum atomic E-state index is 0.306. The summed E-state index contributed by atoms with van der Waals surface area (Å²) in [5, 5.41) is 3.41. The predicted octanol–water partition coefficient (Wildman–Crippen LogP) is 3.46.